The minimum atomic E-state index is -0.481. The Balaban J connectivity index is 1.23. The zero-order chi connectivity index (χ0) is 34.2. The van der Waals surface area contributed by atoms with E-state index >= 15 is 0 Å². The van der Waals surface area contributed by atoms with Crippen LogP contribution in [0, 0.1) is 0 Å². The third kappa shape index (κ3) is 4.21. The molecule has 9 aromatic rings. The molecule has 2 aliphatic heterocycles. The maximum absolute atomic E-state index is 2.42. The van der Waals surface area contributed by atoms with E-state index in [1.165, 1.54) is 91.6 Å². The van der Waals surface area contributed by atoms with E-state index in [-0.39, 0.29) is 0 Å². The Bertz CT molecular complexity index is 2840. The summed E-state index contributed by atoms with van der Waals surface area (Å²) in [7, 11) is 0. The lowest BCUT2D eigenvalue weighted by atomic mass is 9.64. The Morgan fingerprint density at radius 2 is 0.981 bits per heavy atom. The van der Waals surface area contributed by atoms with Crippen molar-refractivity contribution < 1.29 is 0 Å². The Morgan fingerprint density at radius 1 is 0.385 bits per heavy atom. The molecular weight excluding hydrogens is 667 g/mol. The van der Waals surface area contributed by atoms with Crippen LogP contribution in [-0.4, -0.2) is 4.57 Å². The van der Waals surface area contributed by atoms with Gasteiger partial charge in [0.05, 0.1) is 16.4 Å². The molecule has 0 radical (unpaired) electrons. The predicted octanol–water partition coefficient (Wildman–Crippen LogP) is 13.4. The van der Waals surface area contributed by atoms with Crippen molar-refractivity contribution >= 4 is 45.3 Å². The number of fused-ring (bicyclic) bond motifs is 11. The highest BCUT2D eigenvalue weighted by Gasteiger charge is 2.49. The number of nitrogens with zero attached hydrogens (tertiary/aromatic N) is 1. The SMILES string of the molecule is c1ccc(-c2ccc3c(c2)Sc2ccccc2C32c3ccccc3Sc3c(-c4cccc5c4c4ccccc4n5-c4ccccc4)cccc32)cc1. The average molecular weight is 698 g/mol. The summed E-state index contributed by atoms with van der Waals surface area (Å²) in [5, 5.41) is 2.56. The molecule has 244 valence electrons. The van der Waals surface area contributed by atoms with E-state index in [9.17, 15) is 0 Å². The summed E-state index contributed by atoms with van der Waals surface area (Å²) in [6, 6.07) is 69.6. The molecule has 52 heavy (non-hydrogen) atoms. The van der Waals surface area contributed by atoms with E-state index in [4.69, 9.17) is 0 Å². The quantitative estimate of drug-likeness (QED) is 0.181. The van der Waals surface area contributed by atoms with Gasteiger partial charge < -0.3 is 4.57 Å². The molecule has 0 N–H and O–H groups in total. The van der Waals surface area contributed by atoms with E-state index < -0.39 is 5.41 Å². The number of hydrogen-bond donors (Lipinski definition) is 0. The van der Waals surface area contributed by atoms with E-state index in [2.05, 4.69) is 193 Å². The zero-order valence-corrected chi connectivity index (χ0v) is 29.8. The van der Waals surface area contributed by atoms with Crippen LogP contribution in [0.5, 0.6) is 0 Å². The highest BCUT2D eigenvalue weighted by atomic mass is 32.2. The first-order chi connectivity index (χ1) is 25.8. The normalized spacial score (nSPS) is 15.6. The molecule has 1 atom stereocenters. The predicted molar refractivity (Wildman–Crippen MR) is 218 cm³/mol. The third-order valence-corrected chi connectivity index (χ3v) is 13.3. The standard InChI is InChI=1S/C49H31NS2/c1-3-15-32(16-4-1)33-29-30-40-46(31-33)51-44-27-11-8-22-38(44)49(40)39-23-9-12-28-45(39)52-48-36(21-13-24-41(48)49)35-20-14-26-43-47(35)37-19-7-10-25-42(37)50(43)34-17-5-2-6-18-34/h1-31H. The van der Waals surface area contributed by atoms with Crippen molar-refractivity contribution in [3.8, 4) is 27.9 Å². The van der Waals surface area contributed by atoms with Gasteiger partial charge >= 0.3 is 0 Å². The van der Waals surface area contributed by atoms with Gasteiger partial charge in [0.15, 0.2) is 0 Å². The molecule has 0 fully saturated rings. The first-order valence-electron chi connectivity index (χ1n) is 17.8. The van der Waals surface area contributed by atoms with Crippen molar-refractivity contribution in [3.05, 3.63) is 210 Å². The average Bonchev–Trinajstić information content (AvgIpc) is 3.56. The zero-order valence-electron chi connectivity index (χ0n) is 28.2. The van der Waals surface area contributed by atoms with Crippen molar-refractivity contribution in [1.82, 2.24) is 4.57 Å². The molecule has 11 rings (SSSR count). The first-order valence-corrected chi connectivity index (χ1v) is 19.4. The van der Waals surface area contributed by atoms with E-state index in [0.29, 0.717) is 0 Å². The van der Waals surface area contributed by atoms with Crippen LogP contribution in [0.3, 0.4) is 0 Å². The van der Waals surface area contributed by atoms with Gasteiger partial charge in [0.2, 0.25) is 0 Å². The number of aromatic nitrogens is 1. The van der Waals surface area contributed by atoms with Crippen LogP contribution in [-0.2, 0) is 5.41 Å². The molecule has 3 heteroatoms. The molecule has 2 aliphatic rings. The van der Waals surface area contributed by atoms with Crippen LogP contribution in [0.25, 0.3) is 49.7 Å². The number of hydrogen-bond acceptors (Lipinski definition) is 2. The molecule has 1 spiro atoms. The van der Waals surface area contributed by atoms with Gasteiger partial charge in [-0.15, -0.1) is 0 Å². The smallest absolute Gasteiger partial charge is 0.0745 e. The van der Waals surface area contributed by atoms with Crippen molar-refractivity contribution in [2.75, 3.05) is 0 Å². The highest BCUT2D eigenvalue weighted by molar-refractivity contribution is 8.00. The molecule has 0 saturated heterocycles. The number of rotatable bonds is 3. The van der Waals surface area contributed by atoms with Gasteiger partial charge in [0.1, 0.15) is 0 Å². The summed E-state index contributed by atoms with van der Waals surface area (Å²) in [6.45, 7) is 0. The highest BCUT2D eigenvalue weighted by Crippen LogP contribution is 2.63. The van der Waals surface area contributed by atoms with Gasteiger partial charge in [-0.3, -0.25) is 0 Å². The lowest BCUT2D eigenvalue weighted by molar-refractivity contribution is 0.668. The second-order valence-electron chi connectivity index (χ2n) is 13.6. The second-order valence-corrected chi connectivity index (χ2v) is 15.7. The lowest BCUT2D eigenvalue weighted by Crippen LogP contribution is -2.36. The Kier molecular flexibility index (Phi) is 6.70. The molecule has 1 unspecified atom stereocenters. The van der Waals surface area contributed by atoms with Crippen LogP contribution < -0.4 is 0 Å². The second kappa shape index (κ2) is 11.6. The van der Waals surface area contributed by atoms with E-state index in [1.54, 1.807) is 0 Å². The summed E-state index contributed by atoms with van der Waals surface area (Å²) in [6.07, 6.45) is 0. The molecule has 8 aromatic carbocycles. The van der Waals surface area contributed by atoms with Crippen molar-refractivity contribution in [2.24, 2.45) is 0 Å². The van der Waals surface area contributed by atoms with Crippen molar-refractivity contribution in [1.29, 1.82) is 0 Å². The Labute approximate surface area is 311 Å². The first kappa shape index (κ1) is 29.9. The van der Waals surface area contributed by atoms with Gasteiger partial charge in [-0.25, -0.2) is 0 Å². The van der Waals surface area contributed by atoms with Crippen LogP contribution in [0.2, 0.25) is 0 Å². The molecule has 0 amide bonds. The van der Waals surface area contributed by atoms with Crippen LogP contribution in [0.4, 0.5) is 0 Å². The molecule has 1 nitrogen and oxygen atoms in total. The molecule has 0 aliphatic carbocycles. The van der Waals surface area contributed by atoms with Gasteiger partial charge in [-0.05, 0) is 87.0 Å². The van der Waals surface area contributed by atoms with Gasteiger partial charge in [0.25, 0.3) is 0 Å². The summed E-state index contributed by atoms with van der Waals surface area (Å²) in [5.41, 5.74) is 13.6. The number of para-hydroxylation sites is 2. The van der Waals surface area contributed by atoms with Crippen LogP contribution >= 0.6 is 23.5 Å². The van der Waals surface area contributed by atoms with Gasteiger partial charge in [0, 0.05) is 36.0 Å². The maximum atomic E-state index is 2.42. The molecule has 1 aromatic heterocycles. The minimum absolute atomic E-state index is 0.481. The minimum Gasteiger partial charge on any atom is -0.309 e. The Hall–Kier alpha value is -5.74. The summed E-state index contributed by atoms with van der Waals surface area (Å²) < 4.78 is 2.42. The molecule has 3 heterocycles. The summed E-state index contributed by atoms with van der Waals surface area (Å²) in [5.74, 6) is 0. The summed E-state index contributed by atoms with van der Waals surface area (Å²) >= 11 is 3.83. The van der Waals surface area contributed by atoms with E-state index in [1.807, 2.05) is 23.5 Å². The largest absolute Gasteiger partial charge is 0.309 e. The van der Waals surface area contributed by atoms with Crippen molar-refractivity contribution in [2.45, 2.75) is 25.0 Å². The lowest BCUT2D eigenvalue weighted by Gasteiger charge is -2.46. The van der Waals surface area contributed by atoms with E-state index in [0.717, 1.165) is 0 Å². The molecule has 0 saturated carbocycles. The Morgan fingerprint density at radius 3 is 1.79 bits per heavy atom. The van der Waals surface area contributed by atoms with Crippen LogP contribution in [0.1, 0.15) is 22.3 Å². The topological polar surface area (TPSA) is 4.93 Å². The summed E-state index contributed by atoms with van der Waals surface area (Å²) in [4.78, 5) is 5.25. The van der Waals surface area contributed by atoms with Crippen molar-refractivity contribution in [3.63, 3.8) is 0 Å². The maximum Gasteiger partial charge on any atom is 0.0745 e. The van der Waals surface area contributed by atoms with Gasteiger partial charge in [-0.1, -0.05) is 169 Å². The van der Waals surface area contributed by atoms with Crippen LogP contribution in [0.15, 0.2) is 208 Å². The molecular formula is C49H31NS2. The number of benzene rings is 8. The third-order valence-electron chi connectivity index (χ3n) is 10.9. The monoisotopic (exact) mass is 697 g/mol. The molecule has 0 bridgehead atoms. The fraction of sp³-hybridized carbons (Fsp3) is 0.0204. The fourth-order valence-corrected chi connectivity index (χ4v) is 11.4. The van der Waals surface area contributed by atoms with Gasteiger partial charge in [-0.2, -0.15) is 0 Å². The fourth-order valence-electron chi connectivity index (χ4n) is 8.81.